The van der Waals surface area contributed by atoms with E-state index in [0.29, 0.717) is 13.0 Å². The molecule has 0 saturated carbocycles. The summed E-state index contributed by atoms with van der Waals surface area (Å²) in [6, 6.07) is 2.86. The van der Waals surface area contributed by atoms with Crippen LogP contribution in [0, 0.1) is 11.6 Å². The van der Waals surface area contributed by atoms with Crippen LogP contribution < -0.4 is 11.1 Å². The molecule has 0 fully saturated rings. The number of rotatable bonds is 6. The van der Waals surface area contributed by atoms with Crippen LogP contribution in [0.15, 0.2) is 18.2 Å². The average Bonchev–Trinajstić information content (AvgIpc) is 2.28. The molecule has 0 spiro atoms. The first kappa shape index (κ1) is 13.0. The molecule has 16 heavy (non-hydrogen) atoms. The molecular formula is C11H16F2N2O. The molecule has 0 amide bonds. The number of hydrogen-bond donors (Lipinski definition) is 3. The highest BCUT2D eigenvalue weighted by Gasteiger charge is 2.14. The lowest BCUT2D eigenvalue weighted by Gasteiger charge is -2.17. The van der Waals surface area contributed by atoms with Gasteiger partial charge in [0.25, 0.3) is 0 Å². The van der Waals surface area contributed by atoms with Crippen LogP contribution in [-0.4, -0.2) is 24.8 Å². The molecule has 1 unspecified atom stereocenters. The fourth-order valence-corrected chi connectivity index (χ4v) is 1.46. The minimum Gasteiger partial charge on any atom is -0.396 e. The van der Waals surface area contributed by atoms with Crippen LogP contribution in [0.2, 0.25) is 0 Å². The SMILES string of the molecule is NCC(NCCCO)c1cc(F)ccc1F. The highest BCUT2D eigenvalue weighted by atomic mass is 19.1. The van der Waals surface area contributed by atoms with Crippen molar-refractivity contribution in [2.75, 3.05) is 19.7 Å². The lowest BCUT2D eigenvalue weighted by atomic mass is 10.1. The number of benzene rings is 1. The molecule has 1 rings (SSSR count). The molecule has 90 valence electrons. The molecule has 0 radical (unpaired) electrons. The molecule has 3 nitrogen and oxygen atoms in total. The fourth-order valence-electron chi connectivity index (χ4n) is 1.46. The zero-order chi connectivity index (χ0) is 12.0. The minimum atomic E-state index is -0.487. The second-order valence-corrected chi connectivity index (χ2v) is 3.49. The summed E-state index contributed by atoms with van der Waals surface area (Å²) in [7, 11) is 0. The van der Waals surface area contributed by atoms with Gasteiger partial charge < -0.3 is 16.2 Å². The van der Waals surface area contributed by atoms with Crippen molar-refractivity contribution < 1.29 is 13.9 Å². The van der Waals surface area contributed by atoms with E-state index in [2.05, 4.69) is 5.32 Å². The summed E-state index contributed by atoms with van der Waals surface area (Å²) in [5, 5.41) is 11.6. The summed E-state index contributed by atoms with van der Waals surface area (Å²) in [4.78, 5) is 0. The van der Waals surface area contributed by atoms with Gasteiger partial charge in [0.2, 0.25) is 0 Å². The number of hydrogen-bond acceptors (Lipinski definition) is 3. The van der Waals surface area contributed by atoms with Crippen molar-refractivity contribution in [1.82, 2.24) is 5.32 Å². The summed E-state index contributed by atoms with van der Waals surface area (Å²) in [5.74, 6) is -0.966. The van der Waals surface area contributed by atoms with E-state index in [9.17, 15) is 8.78 Å². The molecule has 0 aliphatic carbocycles. The van der Waals surface area contributed by atoms with Gasteiger partial charge in [0.1, 0.15) is 11.6 Å². The molecule has 1 atom stereocenters. The fraction of sp³-hybridized carbons (Fsp3) is 0.455. The Morgan fingerprint density at radius 3 is 2.75 bits per heavy atom. The Bertz CT molecular complexity index is 334. The third kappa shape index (κ3) is 3.52. The van der Waals surface area contributed by atoms with Gasteiger partial charge in [0.15, 0.2) is 0 Å². The Labute approximate surface area is 93.3 Å². The van der Waals surface area contributed by atoms with Gasteiger partial charge in [-0.25, -0.2) is 8.78 Å². The normalized spacial score (nSPS) is 12.8. The van der Waals surface area contributed by atoms with Gasteiger partial charge in [0, 0.05) is 24.8 Å². The van der Waals surface area contributed by atoms with E-state index in [1.807, 2.05) is 0 Å². The minimum absolute atomic E-state index is 0.0515. The first-order valence-electron chi connectivity index (χ1n) is 5.18. The maximum atomic E-state index is 13.4. The molecule has 0 heterocycles. The van der Waals surface area contributed by atoms with E-state index in [1.165, 1.54) is 0 Å². The van der Waals surface area contributed by atoms with E-state index >= 15 is 0 Å². The predicted molar refractivity (Wildman–Crippen MR) is 57.9 cm³/mol. The van der Waals surface area contributed by atoms with Crippen LogP contribution in [0.5, 0.6) is 0 Å². The predicted octanol–water partition coefficient (Wildman–Crippen LogP) is 0.937. The number of halogens is 2. The van der Waals surface area contributed by atoms with Crippen LogP contribution in [0.4, 0.5) is 8.78 Å². The first-order chi connectivity index (χ1) is 7.69. The molecule has 1 aromatic rings. The van der Waals surface area contributed by atoms with Crippen LogP contribution in [-0.2, 0) is 0 Å². The van der Waals surface area contributed by atoms with Crippen molar-refractivity contribution in [2.24, 2.45) is 5.73 Å². The van der Waals surface area contributed by atoms with Crippen molar-refractivity contribution in [2.45, 2.75) is 12.5 Å². The molecule has 4 N–H and O–H groups in total. The maximum absolute atomic E-state index is 13.4. The number of aliphatic hydroxyl groups excluding tert-OH is 1. The summed E-state index contributed by atoms with van der Waals surface area (Å²) in [6.07, 6.45) is 0.549. The van der Waals surface area contributed by atoms with Crippen molar-refractivity contribution >= 4 is 0 Å². The summed E-state index contributed by atoms with van der Waals surface area (Å²) >= 11 is 0. The first-order valence-corrected chi connectivity index (χ1v) is 5.18. The molecule has 0 aliphatic heterocycles. The summed E-state index contributed by atoms with van der Waals surface area (Å²) in [6.45, 7) is 0.732. The summed E-state index contributed by atoms with van der Waals surface area (Å²) < 4.78 is 26.4. The Morgan fingerprint density at radius 2 is 2.12 bits per heavy atom. The van der Waals surface area contributed by atoms with E-state index in [1.54, 1.807) is 0 Å². The highest BCUT2D eigenvalue weighted by Crippen LogP contribution is 2.17. The molecule has 1 aromatic carbocycles. The van der Waals surface area contributed by atoms with Gasteiger partial charge in [-0.05, 0) is 31.2 Å². The molecule has 0 aromatic heterocycles. The summed E-state index contributed by atoms with van der Waals surface area (Å²) in [5.41, 5.74) is 5.71. The number of nitrogens with two attached hydrogens (primary N) is 1. The van der Waals surface area contributed by atoms with Gasteiger partial charge in [-0.15, -0.1) is 0 Å². The molecule has 0 aliphatic rings. The quantitative estimate of drug-likeness (QED) is 0.637. The molecule has 0 bridgehead atoms. The largest absolute Gasteiger partial charge is 0.396 e. The third-order valence-electron chi connectivity index (χ3n) is 2.29. The third-order valence-corrected chi connectivity index (χ3v) is 2.29. The zero-order valence-corrected chi connectivity index (χ0v) is 8.92. The lowest BCUT2D eigenvalue weighted by Crippen LogP contribution is -2.30. The monoisotopic (exact) mass is 230 g/mol. The second-order valence-electron chi connectivity index (χ2n) is 3.49. The van der Waals surface area contributed by atoms with E-state index < -0.39 is 17.7 Å². The van der Waals surface area contributed by atoms with Gasteiger partial charge in [-0.1, -0.05) is 0 Å². The van der Waals surface area contributed by atoms with Crippen LogP contribution in [0.3, 0.4) is 0 Å². The maximum Gasteiger partial charge on any atom is 0.128 e. The topological polar surface area (TPSA) is 58.3 Å². The molecular weight excluding hydrogens is 214 g/mol. The lowest BCUT2D eigenvalue weighted by molar-refractivity contribution is 0.283. The Hall–Kier alpha value is -1.04. The molecule has 0 saturated heterocycles. The van der Waals surface area contributed by atoms with Gasteiger partial charge in [0.05, 0.1) is 0 Å². The number of nitrogens with one attached hydrogen (secondary N) is 1. The van der Waals surface area contributed by atoms with Crippen LogP contribution in [0.1, 0.15) is 18.0 Å². The van der Waals surface area contributed by atoms with Gasteiger partial charge in [-0.3, -0.25) is 0 Å². The van der Waals surface area contributed by atoms with Crippen molar-refractivity contribution in [3.63, 3.8) is 0 Å². The molecule has 5 heteroatoms. The van der Waals surface area contributed by atoms with Crippen molar-refractivity contribution in [1.29, 1.82) is 0 Å². The Kier molecular flexibility index (Phi) is 5.31. The Morgan fingerprint density at radius 1 is 1.38 bits per heavy atom. The highest BCUT2D eigenvalue weighted by molar-refractivity contribution is 5.22. The van der Waals surface area contributed by atoms with Gasteiger partial charge in [-0.2, -0.15) is 0 Å². The van der Waals surface area contributed by atoms with Crippen molar-refractivity contribution in [3.05, 3.63) is 35.4 Å². The van der Waals surface area contributed by atoms with E-state index in [0.717, 1.165) is 18.2 Å². The van der Waals surface area contributed by atoms with Crippen molar-refractivity contribution in [3.8, 4) is 0 Å². The van der Waals surface area contributed by atoms with E-state index in [4.69, 9.17) is 10.8 Å². The van der Waals surface area contributed by atoms with Crippen LogP contribution >= 0.6 is 0 Å². The van der Waals surface area contributed by atoms with E-state index in [-0.39, 0.29) is 18.7 Å². The zero-order valence-electron chi connectivity index (χ0n) is 8.92. The standard InChI is InChI=1S/C11H16F2N2O/c12-8-2-3-10(13)9(6-8)11(7-14)15-4-1-5-16/h2-3,6,11,15-16H,1,4-5,7,14H2. The second kappa shape index (κ2) is 6.52. The number of aliphatic hydroxyl groups is 1. The van der Waals surface area contributed by atoms with Gasteiger partial charge >= 0.3 is 0 Å². The van der Waals surface area contributed by atoms with Crippen LogP contribution in [0.25, 0.3) is 0 Å². The smallest absolute Gasteiger partial charge is 0.128 e. The Balaban J connectivity index is 2.73. The average molecular weight is 230 g/mol.